The van der Waals surface area contributed by atoms with Crippen molar-refractivity contribution < 1.29 is 19.4 Å². The summed E-state index contributed by atoms with van der Waals surface area (Å²) in [6.45, 7) is 4.07. The second-order valence-electron chi connectivity index (χ2n) is 6.40. The highest BCUT2D eigenvalue weighted by atomic mass is 16.5. The van der Waals surface area contributed by atoms with Crippen LogP contribution >= 0.6 is 0 Å². The molecule has 130 valence electrons. The molecular formula is C20H21NO4. The normalized spacial score (nSPS) is 16.6. The molecule has 0 radical (unpaired) electrons. The van der Waals surface area contributed by atoms with E-state index < -0.39 is 18.0 Å². The predicted octanol–water partition coefficient (Wildman–Crippen LogP) is 2.59. The fraction of sp³-hybridized carbons (Fsp3) is 0.300. The van der Waals surface area contributed by atoms with Crippen LogP contribution in [0.25, 0.3) is 0 Å². The van der Waals surface area contributed by atoms with Crippen molar-refractivity contribution in [2.75, 3.05) is 6.54 Å². The van der Waals surface area contributed by atoms with Crippen LogP contribution in [0.2, 0.25) is 0 Å². The van der Waals surface area contributed by atoms with Crippen LogP contribution in [-0.2, 0) is 16.0 Å². The summed E-state index contributed by atoms with van der Waals surface area (Å²) in [4.78, 5) is 23.9. The number of rotatable bonds is 5. The number of aryl methyl sites for hydroxylation is 2. The number of benzene rings is 2. The Labute approximate surface area is 146 Å². The summed E-state index contributed by atoms with van der Waals surface area (Å²) in [7, 11) is 0. The molecule has 1 heterocycles. The van der Waals surface area contributed by atoms with E-state index in [1.807, 2.05) is 32.0 Å². The van der Waals surface area contributed by atoms with E-state index >= 15 is 0 Å². The Kier molecular flexibility index (Phi) is 4.74. The van der Waals surface area contributed by atoms with Crippen LogP contribution in [0.3, 0.4) is 0 Å². The van der Waals surface area contributed by atoms with Crippen LogP contribution in [0, 0.1) is 13.8 Å². The van der Waals surface area contributed by atoms with Gasteiger partial charge in [-0.1, -0.05) is 36.4 Å². The number of hydrogen-bond acceptors (Lipinski definition) is 3. The van der Waals surface area contributed by atoms with Crippen LogP contribution in [0.5, 0.6) is 5.75 Å². The molecule has 2 aromatic carbocycles. The van der Waals surface area contributed by atoms with Gasteiger partial charge in [0, 0.05) is 13.0 Å². The van der Waals surface area contributed by atoms with Crippen LogP contribution in [-0.4, -0.2) is 29.6 Å². The van der Waals surface area contributed by atoms with E-state index in [1.54, 1.807) is 24.3 Å². The van der Waals surface area contributed by atoms with Crippen molar-refractivity contribution in [3.05, 3.63) is 64.7 Å². The lowest BCUT2D eigenvalue weighted by Crippen LogP contribution is -2.40. The van der Waals surface area contributed by atoms with E-state index in [1.165, 1.54) is 5.56 Å². The van der Waals surface area contributed by atoms with Crippen LogP contribution in [0.15, 0.2) is 42.5 Å². The average Bonchev–Trinajstić information content (AvgIpc) is 2.99. The number of nitrogens with one attached hydrogen (secondary N) is 1. The molecule has 0 saturated carbocycles. The molecule has 2 atom stereocenters. The third-order valence-electron chi connectivity index (χ3n) is 4.62. The first-order chi connectivity index (χ1) is 12.0. The highest BCUT2D eigenvalue weighted by Crippen LogP contribution is 2.31. The number of amides is 1. The zero-order valence-corrected chi connectivity index (χ0v) is 14.3. The van der Waals surface area contributed by atoms with Gasteiger partial charge >= 0.3 is 5.97 Å². The number of carbonyl (C=O) groups is 2. The van der Waals surface area contributed by atoms with Crippen LogP contribution in [0.4, 0.5) is 0 Å². The van der Waals surface area contributed by atoms with Crippen molar-refractivity contribution in [1.82, 2.24) is 5.32 Å². The zero-order valence-electron chi connectivity index (χ0n) is 14.3. The molecule has 0 saturated heterocycles. The van der Waals surface area contributed by atoms with Gasteiger partial charge in [0.15, 0.2) is 6.10 Å². The Balaban J connectivity index is 1.64. The number of fused-ring (bicyclic) bond motifs is 1. The molecule has 0 aromatic heterocycles. The highest BCUT2D eigenvalue weighted by molar-refractivity contribution is 5.84. The SMILES string of the molecule is Cc1cc2c(cc1C)OC(C(=O)NCC(C(=O)O)c1ccccc1)C2. The lowest BCUT2D eigenvalue weighted by atomic mass is 9.99. The van der Waals surface area contributed by atoms with Gasteiger partial charge in [-0.05, 0) is 42.2 Å². The molecule has 1 amide bonds. The van der Waals surface area contributed by atoms with Gasteiger partial charge in [-0.2, -0.15) is 0 Å². The second-order valence-corrected chi connectivity index (χ2v) is 6.40. The number of carbonyl (C=O) groups excluding carboxylic acids is 1. The molecule has 0 spiro atoms. The van der Waals surface area contributed by atoms with Gasteiger partial charge in [0.25, 0.3) is 5.91 Å². The van der Waals surface area contributed by atoms with Gasteiger partial charge < -0.3 is 15.2 Å². The minimum absolute atomic E-state index is 0.0342. The fourth-order valence-corrected chi connectivity index (χ4v) is 3.01. The van der Waals surface area contributed by atoms with Gasteiger partial charge in [-0.3, -0.25) is 9.59 Å². The number of carboxylic acids is 1. The van der Waals surface area contributed by atoms with Crippen molar-refractivity contribution in [2.45, 2.75) is 32.3 Å². The third kappa shape index (κ3) is 3.65. The molecule has 25 heavy (non-hydrogen) atoms. The monoisotopic (exact) mass is 339 g/mol. The van der Waals surface area contributed by atoms with Gasteiger partial charge in [0.05, 0.1) is 5.92 Å². The molecule has 0 bridgehead atoms. The van der Waals surface area contributed by atoms with Crippen LogP contribution in [0.1, 0.15) is 28.2 Å². The Bertz CT molecular complexity index is 770. The first-order valence-electron chi connectivity index (χ1n) is 8.28. The van der Waals surface area contributed by atoms with Crippen molar-refractivity contribution >= 4 is 11.9 Å². The standard InChI is InChI=1S/C20H21NO4/c1-12-8-15-10-18(25-17(15)9-13(12)2)19(22)21-11-16(20(23)24)14-6-4-3-5-7-14/h3-9,16,18H,10-11H2,1-2H3,(H,21,22)(H,23,24). The summed E-state index contributed by atoms with van der Waals surface area (Å²) >= 11 is 0. The van der Waals surface area contributed by atoms with Gasteiger partial charge in [-0.15, -0.1) is 0 Å². The predicted molar refractivity (Wildman–Crippen MR) is 93.9 cm³/mol. The number of hydrogen-bond donors (Lipinski definition) is 2. The minimum Gasteiger partial charge on any atom is -0.481 e. The Hall–Kier alpha value is -2.82. The van der Waals surface area contributed by atoms with Gasteiger partial charge in [0.2, 0.25) is 0 Å². The van der Waals surface area contributed by atoms with E-state index in [9.17, 15) is 14.7 Å². The maximum absolute atomic E-state index is 12.4. The van der Waals surface area contributed by atoms with Gasteiger partial charge in [-0.25, -0.2) is 0 Å². The van der Waals surface area contributed by atoms with E-state index in [4.69, 9.17) is 4.74 Å². The molecule has 3 rings (SSSR count). The van der Waals surface area contributed by atoms with E-state index in [0.717, 1.165) is 16.9 Å². The molecular weight excluding hydrogens is 318 g/mol. The zero-order chi connectivity index (χ0) is 18.0. The quantitative estimate of drug-likeness (QED) is 0.878. The smallest absolute Gasteiger partial charge is 0.312 e. The summed E-state index contributed by atoms with van der Waals surface area (Å²) in [6.07, 6.45) is -0.104. The highest BCUT2D eigenvalue weighted by Gasteiger charge is 2.30. The molecule has 1 aliphatic heterocycles. The molecule has 0 fully saturated rings. The second kappa shape index (κ2) is 6.97. The summed E-state index contributed by atoms with van der Waals surface area (Å²) in [5.74, 6) is -1.29. The fourth-order valence-electron chi connectivity index (χ4n) is 3.01. The van der Waals surface area contributed by atoms with E-state index in [2.05, 4.69) is 5.32 Å². The lowest BCUT2D eigenvalue weighted by Gasteiger charge is -2.16. The maximum atomic E-state index is 12.4. The van der Waals surface area contributed by atoms with Crippen LogP contribution < -0.4 is 10.1 Å². The molecule has 0 aliphatic carbocycles. The maximum Gasteiger partial charge on any atom is 0.312 e. The topological polar surface area (TPSA) is 75.6 Å². The molecule has 5 heteroatoms. The summed E-state index contributed by atoms with van der Waals surface area (Å²) in [6, 6.07) is 12.9. The van der Waals surface area contributed by atoms with Crippen molar-refractivity contribution in [1.29, 1.82) is 0 Å². The average molecular weight is 339 g/mol. The third-order valence-corrected chi connectivity index (χ3v) is 4.62. The first-order valence-corrected chi connectivity index (χ1v) is 8.28. The number of carboxylic acid groups (broad SMARTS) is 1. The molecule has 5 nitrogen and oxygen atoms in total. The van der Waals surface area contributed by atoms with Crippen molar-refractivity contribution in [2.24, 2.45) is 0 Å². The number of ether oxygens (including phenoxy) is 1. The largest absolute Gasteiger partial charge is 0.481 e. The first kappa shape index (κ1) is 17.0. The molecule has 2 N–H and O–H groups in total. The van der Waals surface area contributed by atoms with E-state index in [-0.39, 0.29) is 12.5 Å². The Morgan fingerprint density at radius 3 is 2.56 bits per heavy atom. The van der Waals surface area contributed by atoms with E-state index in [0.29, 0.717) is 12.0 Å². The van der Waals surface area contributed by atoms with Crippen molar-refractivity contribution in [3.8, 4) is 5.75 Å². The minimum atomic E-state index is -0.964. The summed E-state index contributed by atoms with van der Waals surface area (Å²) in [5, 5.41) is 12.1. The van der Waals surface area contributed by atoms with Crippen molar-refractivity contribution in [3.63, 3.8) is 0 Å². The summed E-state index contributed by atoms with van der Waals surface area (Å²) in [5.41, 5.74) is 3.96. The van der Waals surface area contributed by atoms with Gasteiger partial charge in [0.1, 0.15) is 5.75 Å². The summed E-state index contributed by atoms with van der Waals surface area (Å²) < 4.78 is 5.74. The molecule has 2 aromatic rings. The molecule has 2 unspecified atom stereocenters. The Morgan fingerprint density at radius 2 is 1.88 bits per heavy atom. The number of aliphatic carboxylic acids is 1. The lowest BCUT2D eigenvalue weighted by molar-refractivity contribution is -0.138. The molecule has 1 aliphatic rings. The Morgan fingerprint density at radius 1 is 1.20 bits per heavy atom.